The van der Waals surface area contributed by atoms with E-state index < -0.39 is 27.6 Å². The quantitative estimate of drug-likeness (QED) is 0.749. The number of piperidine rings is 1. The van der Waals surface area contributed by atoms with Crippen LogP contribution in [0.2, 0.25) is 0 Å². The van der Waals surface area contributed by atoms with E-state index >= 15 is 0 Å². The molecule has 0 aromatic heterocycles. The number of aliphatic carboxylic acids is 1. The van der Waals surface area contributed by atoms with Crippen molar-refractivity contribution in [3.05, 3.63) is 24.3 Å². The smallest absolute Gasteiger partial charge is 0.325 e. The summed E-state index contributed by atoms with van der Waals surface area (Å²) in [6.45, 7) is 3.52. The Balaban J connectivity index is 2.24. The molecule has 0 aliphatic carbocycles. The molecule has 1 heterocycles. The number of carboxylic acids is 1. The van der Waals surface area contributed by atoms with E-state index in [4.69, 9.17) is 4.74 Å². The maximum atomic E-state index is 12.9. The Morgan fingerprint density at radius 1 is 1.35 bits per heavy atom. The number of nitrogens with zero attached hydrogens (tertiary/aromatic N) is 1. The Bertz CT molecular complexity index is 804. The summed E-state index contributed by atoms with van der Waals surface area (Å²) in [4.78, 5) is 11.5. The van der Waals surface area contributed by atoms with Crippen molar-refractivity contribution < 1.29 is 28.2 Å². The van der Waals surface area contributed by atoms with Gasteiger partial charge in [0, 0.05) is 13.0 Å². The first kappa shape index (κ1) is 20.2. The van der Waals surface area contributed by atoms with E-state index in [1.54, 1.807) is 0 Å². The Hall–Kier alpha value is -2.08. The van der Waals surface area contributed by atoms with Gasteiger partial charge in [-0.25, -0.2) is 8.42 Å². The van der Waals surface area contributed by atoms with Crippen LogP contribution < -0.4 is 4.74 Å². The minimum atomic E-state index is -4.06. The van der Waals surface area contributed by atoms with E-state index in [9.17, 15) is 23.4 Å². The third kappa shape index (κ3) is 4.36. The lowest BCUT2D eigenvalue weighted by Gasteiger charge is -2.41. The maximum absolute atomic E-state index is 12.9. The zero-order valence-electron chi connectivity index (χ0n) is 14.8. The van der Waals surface area contributed by atoms with Gasteiger partial charge in [0.25, 0.3) is 0 Å². The second-order valence-corrected chi connectivity index (χ2v) is 8.17. The van der Waals surface area contributed by atoms with Crippen LogP contribution in [0.1, 0.15) is 33.1 Å². The Morgan fingerprint density at radius 2 is 2.00 bits per heavy atom. The molecule has 1 fully saturated rings. The van der Waals surface area contributed by atoms with Crippen LogP contribution in [0.3, 0.4) is 0 Å². The lowest BCUT2D eigenvalue weighted by atomic mass is 9.88. The second kappa shape index (κ2) is 8.08. The molecule has 1 aromatic carbocycles. The number of ether oxygens (including phenoxy) is 1. The molecule has 0 amide bonds. The van der Waals surface area contributed by atoms with Gasteiger partial charge in [-0.05, 0) is 44.0 Å². The normalized spacial score (nSPS) is 23.7. The highest BCUT2D eigenvalue weighted by molar-refractivity contribution is 7.89. The van der Waals surface area contributed by atoms with Crippen molar-refractivity contribution in [3.63, 3.8) is 0 Å². The molecule has 1 aliphatic heterocycles. The van der Waals surface area contributed by atoms with Crippen molar-refractivity contribution in [1.82, 2.24) is 4.31 Å². The molecule has 2 atom stereocenters. The highest BCUT2D eigenvalue weighted by Crippen LogP contribution is 2.32. The van der Waals surface area contributed by atoms with E-state index in [0.29, 0.717) is 12.2 Å². The van der Waals surface area contributed by atoms with Crippen LogP contribution in [0.4, 0.5) is 0 Å². The largest absolute Gasteiger partial charge is 0.481 e. The van der Waals surface area contributed by atoms with Crippen LogP contribution in [-0.2, 0) is 14.8 Å². The van der Waals surface area contributed by atoms with Crippen molar-refractivity contribution in [1.29, 1.82) is 0 Å². The number of rotatable bonds is 5. The SMILES string of the molecule is CCC#CCOc1ccc(S(=O)(=O)N2CCCC(C)(O)C2C(=O)O)cc1. The molecule has 2 unspecified atom stereocenters. The van der Waals surface area contributed by atoms with E-state index in [-0.39, 0.29) is 24.5 Å². The van der Waals surface area contributed by atoms with Crippen LogP contribution in [-0.4, -0.2) is 53.7 Å². The first-order valence-electron chi connectivity index (χ1n) is 8.36. The topological polar surface area (TPSA) is 104 Å². The summed E-state index contributed by atoms with van der Waals surface area (Å²) < 4.78 is 32.0. The molecule has 0 spiro atoms. The summed E-state index contributed by atoms with van der Waals surface area (Å²) in [5, 5.41) is 19.8. The molecule has 1 saturated heterocycles. The zero-order valence-corrected chi connectivity index (χ0v) is 15.6. The average Bonchev–Trinajstić information content (AvgIpc) is 2.57. The van der Waals surface area contributed by atoms with Gasteiger partial charge in [0.15, 0.2) is 6.04 Å². The number of hydrogen-bond acceptors (Lipinski definition) is 5. The molecule has 8 heteroatoms. The summed E-state index contributed by atoms with van der Waals surface area (Å²) >= 11 is 0. The first-order valence-corrected chi connectivity index (χ1v) is 9.80. The first-order chi connectivity index (χ1) is 12.2. The Kier molecular flexibility index (Phi) is 6.29. The molecule has 2 N–H and O–H groups in total. The standard InChI is InChI=1S/C18H23NO6S/c1-3-4-5-13-25-14-7-9-15(10-8-14)26(23,24)19-12-6-11-18(2,22)16(19)17(20)21/h7-10,16,22H,3,6,11-13H2,1-2H3,(H,20,21). The third-order valence-electron chi connectivity index (χ3n) is 4.22. The van der Waals surface area contributed by atoms with Gasteiger partial charge in [-0.1, -0.05) is 12.8 Å². The number of carbonyl (C=O) groups is 1. The Morgan fingerprint density at radius 3 is 2.58 bits per heavy atom. The van der Waals surface area contributed by atoms with Gasteiger partial charge in [0.05, 0.1) is 10.5 Å². The summed E-state index contributed by atoms with van der Waals surface area (Å²) in [7, 11) is -4.06. The highest BCUT2D eigenvalue weighted by Gasteiger charge is 2.49. The number of sulfonamides is 1. The summed E-state index contributed by atoms with van der Waals surface area (Å²) in [6.07, 6.45) is 1.33. The fourth-order valence-electron chi connectivity index (χ4n) is 2.96. The van der Waals surface area contributed by atoms with Gasteiger partial charge >= 0.3 is 5.97 Å². The molecule has 1 aromatic rings. The fourth-order valence-corrected chi connectivity index (χ4v) is 4.67. The highest BCUT2D eigenvalue weighted by atomic mass is 32.2. The molecule has 1 aliphatic rings. The summed E-state index contributed by atoms with van der Waals surface area (Å²) in [5.74, 6) is 4.78. The van der Waals surface area contributed by atoms with Gasteiger partial charge in [0.1, 0.15) is 12.4 Å². The van der Waals surface area contributed by atoms with Gasteiger partial charge in [0.2, 0.25) is 10.0 Å². The number of carboxylic acid groups (broad SMARTS) is 1. The number of benzene rings is 1. The molecule has 0 saturated carbocycles. The summed E-state index contributed by atoms with van der Waals surface area (Å²) in [5.41, 5.74) is -1.63. The molecule has 142 valence electrons. The molecule has 0 bridgehead atoms. The molecule has 2 rings (SSSR count). The van der Waals surface area contributed by atoms with Crippen molar-refractivity contribution in [2.45, 2.75) is 49.6 Å². The predicted molar refractivity (Wildman–Crippen MR) is 95.2 cm³/mol. The predicted octanol–water partition coefficient (Wildman–Crippen LogP) is 1.47. The van der Waals surface area contributed by atoms with Crippen LogP contribution in [0.25, 0.3) is 0 Å². The van der Waals surface area contributed by atoms with Crippen molar-refractivity contribution in [3.8, 4) is 17.6 Å². The van der Waals surface area contributed by atoms with E-state index in [1.165, 1.54) is 31.2 Å². The average molecular weight is 381 g/mol. The lowest BCUT2D eigenvalue weighted by Crippen LogP contribution is -2.60. The van der Waals surface area contributed by atoms with Crippen LogP contribution in [0, 0.1) is 11.8 Å². The molecule has 26 heavy (non-hydrogen) atoms. The van der Waals surface area contributed by atoms with Crippen molar-refractivity contribution in [2.75, 3.05) is 13.2 Å². The second-order valence-electron chi connectivity index (χ2n) is 6.28. The fraction of sp³-hybridized carbons (Fsp3) is 0.500. The van der Waals surface area contributed by atoms with E-state index in [2.05, 4.69) is 11.8 Å². The minimum absolute atomic E-state index is 0.0420. The molecular weight excluding hydrogens is 358 g/mol. The maximum Gasteiger partial charge on any atom is 0.325 e. The lowest BCUT2D eigenvalue weighted by molar-refractivity contribution is -0.153. The van der Waals surface area contributed by atoms with E-state index in [1.807, 2.05) is 6.92 Å². The Labute approximate surface area is 153 Å². The van der Waals surface area contributed by atoms with Gasteiger partial charge in [-0.3, -0.25) is 4.79 Å². The van der Waals surface area contributed by atoms with Crippen molar-refractivity contribution in [2.24, 2.45) is 0 Å². The zero-order chi connectivity index (χ0) is 19.4. The van der Waals surface area contributed by atoms with E-state index in [0.717, 1.165) is 10.7 Å². The van der Waals surface area contributed by atoms with Crippen LogP contribution in [0.15, 0.2) is 29.2 Å². The van der Waals surface area contributed by atoms with Gasteiger partial charge < -0.3 is 14.9 Å². The monoisotopic (exact) mass is 381 g/mol. The number of hydrogen-bond donors (Lipinski definition) is 2. The van der Waals surface area contributed by atoms with Crippen LogP contribution >= 0.6 is 0 Å². The van der Waals surface area contributed by atoms with Gasteiger partial charge in [-0.2, -0.15) is 4.31 Å². The molecular formula is C18H23NO6S. The number of aliphatic hydroxyl groups is 1. The molecule has 7 nitrogen and oxygen atoms in total. The summed E-state index contributed by atoms with van der Waals surface area (Å²) in [6, 6.07) is 4.19. The minimum Gasteiger partial charge on any atom is -0.481 e. The molecule has 0 radical (unpaired) electrons. The van der Waals surface area contributed by atoms with Gasteiger partial charge in [-0.15, -0.1) is 5.92 Å². The van der Waals surface area contributed by atoms with Crippen LogP contribution in [0.5, 0.6) is 5.75 Å². The third-order valence-corrected chi connectivity index (χ3v) is 6.09. The van der Waals surface area contributed by atoms with Crippen molar-refractivity contribution >= 4 is 16.0 Å².